The number of allylic oxidation sites excluding steroid dienone is 1. The molecule has 0 saturated heterocycles. The summed E-state index contributed by atoms with van der Waals surface area (Å²) >= 11 is 0. The number of carbonyl (C=O) groups is 1. The van der Waals surface area contributed by atoms with Crippen LogP contribution in [0.3, 0.4) is 0 Å². The lowest BCUT2D eigenvalue weighted by Crippen LogP contribution is -2.07. The Morgan fingerprint density at radius 1 is 1.12 bits per heavy atom. The quantitative estimate of drug-likeness (QED) is 0.578. The fourth-order valence-corrected chi connectivity index (χ4v) is 2.11. The summed E-state index contributed by atoms with van der Waals surface area (Å²) in [6.45, 7) is 0. The van der Waals surface area contributed by atoms with Gasteiger partial charge in [-0.15, -0.1) is 0 Å². The summed E-state index contributed by atoms with van der Waals surface area (Å²) in [6.07, 6.45) is 1.57. The Morgan fingerprint density at radius 3 is 2.46 bits per heavy atom. The van der Waals surface area contributed by atoms with Gasteiger partial charge in [0.15, 0.2) is 11.5 Å². The van der Waals surface area contributed by atoms with Crippen molar-refractivity contribution in [1.29, 1.82) is 0 Å². The van der Waals surface area contributed by atoms with E-state index in [1.165, 1.54) is 12.3 Å². The first kappa shape index (κ1) is 15.8. The molecule has 0 aliphatic carbocycles. The number of aromatic nitrogens is 3. The van der Waals surface area contributed by atoms with E-state index < -0.39 is 11.9 Å². The minimum atomic E-state index is -4.48. The van der Waals surface area contributed by atoms with Crippen molar-refractivity contribution in [2.45, 2.75) is 6.18 Å². The summed E-state index contributed by atoms with van der Waals surface area (Å²) in [5.41, 5.74) is 0.716. The van der Waals surface area contributed by atoms with E-state index in [9.17, 15) is 18.0 Å². The number of nitrogens with zero attached hydrogens (tertiary/aromatic N) is 2. The van der Waals surface area contributed by atoms with Crippen LogP contribution >= 0.6 is 0 Å². The highest BCUT2D eigenvalue weighted by Gasteiger charge is 2.33. The van der Waals surface area contributed by atoms with Gasteiger partial charge in [0, 0.05) is 23.7 Å². The summed E-state index contributed by atoms with van der Waals surface area (Å²) < 4.78 is 38.8. The van der Waals surface area contributed by atoms with Gasteiger partial charge < -0.3 is 4.98 Å². The number of benzene rings is 1. The Bertz CT molecular complexity index is 859. The molecule has 0 aliphatic heterocycles. The van der Waals surface area contributed by atoms with Crippen molar-refractivity contribution in [1.82, 2.24) is 14.8 Å². The maximum Gasteiger partial charge on any atom is 0.435 e. The second-order valence-corrected chi connectivity index (χ2v) is 5.01. The molecule has 1 aromatic carbocycles. The number of carbonyl (C=O) groups excluding carboxylic acids is 1. The van der Waals surface area contributed by atoms with Gasteiger partial charge in [-0.25, -0.2) is 4.68 Å². The zero-order valence-electron chi connectivity index (χ0n) is 12.3. The summed E-state index contributed by atoms with van der Waals surface area (Å²) in [4.78, 5) is 15.0. The number of H-pyrrole nitrogens is 1. The van der Waals surface area contributed by atoms with Crippen molar-refractivity contribution in [2.24, 2.45) is 0 Å². The standard InChI is InChI=1S/C17H12F3N3O/c18-17(19,20)16-9-11-23(22-16)14-6-3-12(4-7-14)15(24)8-5-13-2-1-10-21-13/h1-11,21H/b8-5+. The largest absolute Gasteiger partial charge is 0.435 e. The number of alkyl halides is 3. The zero-order valence-corrected chi connectivity index (χ0v) is 12.3. The molecule has 4 nitrogen and oxygen atoms in total. The van der Waals surface area contributed by atoms with E-state index in [1.807, 2.05) is 12.1 Å². The van der Waals surface area contributed by atoms with Gasteiger partial charge in [0.1, 0.15) is 0 Å². The summed E-state index contributed by atoms with van der Waals surface area (Å²) in [6, 6.07) is 10.7. The third-order valence-electron chi connectivity index (χ3n) is 3.33. The highest BCUT2D eigenvalue weighted by molar-refractivity contribution is 6.06. The molecule has 0 radical (unpaired) electrons. The Morgan fingerprint density at radius 2 is 1.88 bits per heavy atom. The number of hydrogen-bond acceptors (Lipinski definition) is 2. The summed E-state index contributed by atoms with van der Waals surface area (Å²) in [5.74, 6) is -0.201. The lowest BCUT2D eigenvalue weighted by Gasteiger charge is -2.04. The molecule has 1 N–H and O–H groups in total. The monoisotopic (exact) mass is 331 g/mol. The van der Waals surface area contributed by atoms with Gasteiger partial charge in [-0.1, -0.05) is 0 Å². The van der Waals surface area contributed by atoms with Crippen LogP contribution < -0.4 is 0 Å². The van der Waals surface area contributed by atoms with Gasteiger partial charge in [-0.05, 0) is 54.6 Å². The van der Waals surface area contributed by atoms with E-state index in [4.69, 9.17) is 0 Å². The molecule has 7 heteroatoms. The first-order valence-electron chi connectivity index (χ1n) is 7.02. The highest BCUT2D eigenvalue weighted by atomic mass is 19.4. The molecule has 0 bridgehead atoms. The van der Waals surface area contributed by atoms with Crippen LogP contribution in [0.1, 0.15) is 21.7 Å². The average molecular weight is 331 g/mol. The molecule has 24 heavy (non-hydrogen) atoms. The lowest BCUT2D eigenvalue weighted by molar-refractivity contribution is -0.141. The molecule has 0 atom stereocenters. The maximum atomic E-state index is 12.6. The van der Waals surface area contributed by atoms with E-state index in [0.717, 1.165) is 16.4 Å². The molecule has 0 aliphatic rings. The number of hydrogen-bond donors (Lipinski definition) is 1. The first-order valence-corrected chi connectivity index (χ1v) is 7.02. The number of halogens is 3. The van der Waals surface area contributed by atoms with Gasteiger partial charge >= 0.3 is 6.18 Å². The molecular formula is C17H12F3N3O. The fraction of sp³-hybridized carbons (Fsp3) is 0.0588. The number of rotatable bonds is 4. The molecule has 2 aromatic heterocycles. The predicted molar refractivity (Wildman–Crippen MR) is 82.7 cm³/mol. The topological polar surface area (TPSA) is 50.7 Å². The van der Waals surface area contributed by atoms with Gasteiger partial charge in [-0.2, -0.15) is 18.3 Å². The number of aromatic amines is 1. The molecule has 0 saturated carbocycles. The lowest BCUT2D eigenvalue weighted by atomic mass is 10.1. The van der Waals surface area contributed by atoms with E-state index in [-0.39, 0.29) is 5.78 Å². The average Bonchev–Trinajstić information content (AvgIpc) is 3.23. The van der Waals surface area contributed by atoms with E-state index in [1.54, 1.807) is 36.5 Å². The Balaban J connectivity index is 1.75. The van der Waals surface area contributed by atoms with Gasteiger partial charge in [-0.3, -0.25) is 4.79 Å². The van der Waals surface area contributed by atoms with Crippen LogP contribution in [0.4, 0.5) is 13.2 Å². The smallest absolute Gasteiger partial charge is 0.362 e. The SMILES string of the molecule is O=C(/C=C/c1ccc[nH]1)c1ccc(-n2ccc(C(F)(F)F)n2)cc1. The van der Waals surface area contributed by atoms with Crippen molar-refractivity contribution in [3.63, 3.8) is 0 Å². The van der Waals surface area contributed by atoms with Crippen LogP contribution in [0.5, 0.6) is 0 Å². The first-order chi connectivity index (χ1) is 11.4. The van der Waals surface area contributed by atoms with Crippen LogP contribution in [-0.4, -0.2) is 20.5 Å². The van der Waals surface area contributed by atoms with Crippen molar-refractivity contribution in [3.8, 4) is 5.69 Å². The van der Waals surface area contributed by atoms with Gasteiger partial charge in [0.05, 0.1) is 5.69 Å². The Kier molecular flexibility index (Phi) is 4.07. The third kappa shape index (κ3) is 3.45. The number of ketones is 1. The summed E-state index contributed by atoms with van der Waals surface area (Å²) in [7, 11) is 0. The molecule has 3 rings (SSSR count). The van der Waals surface area contributed by atoms with Crippen molar-refractivity contribution in [2.75, 3.05) is 0 Å². The normalized spacial score (nSPS) is 12.0. The third-order valence-corrected chi connectivity index (χ3v) is 3.33. The fourth-order valence-electron chi connectivity index (χ4n) is 2.11. The van der Waals surface area contributed by atoms with Crippen molar-refractivity contribution < 1.29 is 18.0 Å². The Labute approximate surface area is 135 Å². The van der Waals surface area contributed by atoms with E-state index >= 15 is 0 Å². The van der Waals surface area contributed by atoms with Gasteiger partial charge in [0.2, 0.25) is 0 Å². The minimum absolute atomic E-state index is 0.201. The molecule has 2 heterocycles. The molecule has 122 valence electrons. The van der Waals surface area contributed by atoms with Crippen molar-refractivity contribution in [3.05, 3.63) is 77.9 Å². The highest BCUT2D eigenvalue weighted by Crippen LogP contribution is 2.27. The second-order valence-electron chi connectivity index (χ2n) is 5.01. The van der Waals surface area contributed by atoms with Crippen LogP contribution in [-0.2, 0) is 6.18 Å². The van der Waals surface area contributed by atoms with Crippen LogP contribution in [0.25, 0.3) is 11.8 Å². The van der Waals surface area contributed by atoms with Crippen LogP contribution in [0.15, 0.2) is 60.9 Å². The van der Waals surface area contributed by atoms with E-state index in [0.29, 0.717) is 11.3 Å². The Hall–Kier alpha value is -3.09. The van der Waals surface area contributed by atoms with Gasteiger partial charge in [0.25, 0.3) is 0 Å². The number of nitrogens with one attached hydrogen (secondary N) is 1. The van der Waals surface area contributed by atoms with Crippen LogP contribution in [0, 0.1) is 0 Å². The maximum absolute atomic E-state index is 12.6. The summed E-state index contributed by atoms with van der Waals surface area (Å²) in [5, 5.41) is 3.48. The predicted octanol–water partition coefficient (Wildman–Crippen LogP) is 4.12. The van der Waals surface area contributed by atoms with Crippen molar-refractivity contribution >= 4 is 11.9 Å². The second kappa shape index (κ2) is 6.19. The molecule has 0 spiro atoms. The zero-order chi connectivity index (χ0) is 17.2. The molecular weight excluding hydrogens is 319 g/mol. The van der Waals surface area contributed by atoms with E-state index in [2.05, 4.69) is 10.1 Å². The minimum Gasteiger partial charge on any atom is -0.362 e. The molecule has 0 fully saturated rings. The molecule has 0 unspecified atom stereocenters. The van der Waals surface area contributed by atoms with Crippen LogP contribution in [0.2, 0.25) is 0 Å². The molecule has 3 aromatic rings. The molecule has 0 amide bonds.